The molecule has 1 aliphatic heterocycles. The number of hydrogen-bond donors (Lipinski definition) is 0. The van der Waals surface area contributed by atoms with E-state index in [0.717, 1.165) is 18.7 Å². The lowest BCUT2D eigenvalue weighted by atomic mass is 10.1. The molecular weight excluding hydrogens is 154 g/mol. The average Bonchev–Trinajstić information content (AvgIpc) is 2.03. The zero-order valence-electron chi connectivity index (χ0n) is 7.51. The summed E-state index contributed by atoms with van der Waals surface area (Å²) in [7, 11) is 0. The number of nitrogens with zero attached hydrogens (tertiary/aromatic N) is 1. The van der Waals surface area contributed by atoms with Crippen LogP contribution in [0.3, 0.4) is 0 Å². The number of hydroxylamine groups is 2. The van der Waals surface area contributed by atoms with Crippen molar-refractivity contribution in [2.45, 2.75) is 19.8 Å². The molecule has 0 aromatic heterocycles. The highest BCUT2D eigenvalue weighted by atomic mass is 16.7. The van der Waals surface area contributed by atoms with Gasteiger partial charge in [-0.1, -0.05) is 12.2 Å². The number of carbonyl (C=O) groups excluding carboxylic acids is 1. The molecule has 1 heterocycles. The zero-order chi connectivity index (χ0) is 8.97. The fourth-order valence-corrected chi connectivity index (χ4v) is 1.07. The van der Waals surface area contributed by atoms with Gasteiger partial charge in [-0.2, -0.15) is 5.06 Å². The molecule has 0 amide bonds. The van der Waals surface area contributed by atoms with Gasteiger partial charge in [0.2, 0.25) is 0 Å². The number of rotatable bonds is 3. The minimum absolute atomic E-state index is 0.338. The number of ketones is 1. The SMILES string of the molecule is C=C(C)CON1CCC(=O)CC1. The number of hydrogen-bond acceptors (Lipinski definition) is 3. The molecule has 3 heteroatoms. The molecule has 0 atom stereocenters. The van der Waals surface area contributed by atoms with Gasteiger partial charge >= 0.3 is 0 Å². The fraction of sp³-hybridized carbons (Fsp3) is 0.667. The van der Waals surface area contributed by atoms with Crippen LogP contribution in [0, 0.1) is 0 Å². The smallest absolute Gasteiger partial charge is 0.135 e. The molecule has 3 nitrogen and oxygen atoms in total. The first-order valence-corrected chi connectivity index (χ1v) is 4.22. The van der Waals surface area contributed by atoms with Crippen molar-refractivity contribution in [1.82, 2.24) is 5.06 Å². The largest absolute Gasteiger partial charge is 0.300 e. The number of carbonyl (C=O) groups is 1. The minimum Gasteiger partial charge on any atom is -0.300 e. The van der Waals surface area contributed by atoms with E-state index in [-0.39, 0.29) is 0 Å². The maximum atomic E-state index is 10.8. The van der Waals surface area contributed by atoms with Crippen molar-refractivity contribution < 1.29 is 9.63 Å². The third kappa shape index (κ3) is 3.15. The topological polar surface area (TPSA) is 29.5 Å². The van der Waals surface area contributed by atoms with Crippen molar-refractivity contribution >= 4 is 5.78 Å². The van der Waals surface area contributed by atoms with Gasteiger partial charge in [0.25, 0.3) is 0 Å². The lowest BCUT2D eigenvalue weighted by molar-refractivity contribution is -0.166. The molecular formula is C9H15NO2. The van der Waals surface area contributed by atoms with Gasteiger partial charge in [0.05, 0.1) is 6.61 Å². The van der Waals surface area contributed by atoms with Crippen LogP contribution in [0.15, 0.2) is 12.2 Å². The van der Waals surface area contributed by atoms with E-state index in [1.165, 1.54) is 0 Å². The van der Waals surface area contributed by atoms with Gasteiger partial charge in [-0.15, -0.1) is 0 Å². The molecule has 0 N–H and O–H groups in total. The Labute approximate surface area is 73.0 Å². The second-order valence-corrected chi connectivity index (χ2v) is 3.20. The first-order valence-electron chi connectivity index (χ1n) is 4.22. The maximum Gasteiger partial charge on any atom is 0.135 e. The lowest BCUT2D eigenvalue weighted by Crippen LogP contribution is -2.34. The standard InChI is InChI=1S/C9H15NO2/c1-8(2)7-12-10-5-3-9(11)4-6-10/h1,3-7H2,2H3. The average molecular weight is 169 g/mol. The van der Waals surface area contributed by atoms with Crippen LogP contribution < -0.4 is 0 Å². The Bertz CT molecular complexity index is 179. The summed E-state index contributed by atoms with van der Waals surface area (Å²) in [6, 6.07) is 0. The van der Waals surface area contributed by atoms with Crippen molar-refractivity contribution in [3.8, 4) is 0 Å². The highest BCUT2D eigenvalue weighted by molar-refractivity contribution is 5.79. The number of Topliss-reactive ketones (excluding diaryl/α,β-unsaturated/α-hetero) is 1. The van der Waals surface area contributed by atoms with E-state index in [4.69, 9.17) is 4.84 Å². The van der Waals surface area contributed by atoms with E-state index in [1.807, 2.05) is 12.0 Å². The second kappa shape index (κ2) is 4.38. The maximum absolute atomic E-state index is 10.8. The van der Waals surface area contributed by atoms with Gasteiger partial charge in [-0.3, -0.25) is 9.63 Å². The predicted molar refractivity (Wildman–Crippen MR) is 46.6 cm³/mol. The zero-order valence-corrected chi connectivity index (χ0v) is 7.51. The van der Waals surface area contributed by atoms with Crippen molar-refractivity contribution in [1.29, 1.82) is 0 Å². The fourth-order valence-electron chi connectivity index (χ4n) is 1.07. The van der Waals surface area contributed by atoms with Crippen LogP contribution in [0.2, 0.25) is 0 Å². The summed E-state index contributed by atoms with van der Waals surface area (Å²) in [5.74, 6) is 0.338. The number of piperidine rings is 1. The Balaban J connectivity index is 2.17. The molecule has 0 saturated carbocycles. The summed E-state index contributed by atoms with van der Waals surface area (Å²) >= 11 is 0. The van der Waals surface area contributed by atoms with Gasteiger partial charge in [-0.05, 0) is 6.92 Å². The Hall–Kier alpha value is -0.670. The van der Waals surface area contributed by atoms with Gasteiger partial charge in [0, 0.05) is 25.9 Å². The van der Waals surface area contributed by atoms with E-state index >= 15 is 0 Å². The van der Waals surface area contributed by atoms with Crippen LogP contribution in [0.5, 0.6) is 0 Å². The third-order valence-corrected chi connectivity index (χ3v) is 1.77. The van der Waals surface area contributed by atoms with Crippen LogP contribution in [0.4, 0.5) is 0 Å². The van der Waals surface area contributed by atoms with Crippen molar-refractivity contribution in [2.75, 3.05) is 19.7 Å². The summed E-state index contributed by atoms with van der Waals surface area (Å²) < 4.78 is 0. The molecule has 1 rings (SSSR count). The van der Waals surface area contributed by atoms with Gasteiger partial charge in [0.1, 0.15) is 5.78 Å². The van der Waals surface area contributed by atoms with E-state index in [2.05, 4.69) is 6.58 Å². The monoisotopic (exact) mass is 169 g/mol. The van der Waals surface area contributed by atoms with Crippen LogP contribution in [0.1, 0.15) is 19.8 Å². The summed E-state index contributed by atoms with van der Waals surface area (Å²) in [6.07, 6.45) is 1.24. The van der Waals surface area contributed by atoms with E-state index < -0.39 is 0 Å². The Morgan fingerprint density at radius 2 is 2.17 bits per heavy atom. The van der Waals surface area contributed by atoms with E-state index in [9.17, 15) is 4.79 Å². The van der Waals surface area contributed by atoms with Crippen LogP contribution in [-0.2, 0) is 9.63 Å². The quantitative estimate of drug-likeness (QED) is 0.594. The van der Waals surface area contributed by atoms with Crippen LogP contribution in [-0.4, -0.2) is 30.5 Å². The normalized spacial score (nSPS) is 19.6. The molecule has 1 fully saturated rings. The first kappa shape index (κ1) is 9.42. The van der Waals surface area contributed by atoms with Crippen LogP contribution >= 0.6 is 0 Å². The van der Waals surface area contributed by atoms with E-state index in [0.29, 0.717) is 25.2 Å². The summed E-state index contributed by atoms with van der Waals surface area (Å²) in [5, 5.41) is 1.84. The van der Waals surface area contributed by atoms with Gasteiger partial charge in [-0.25, -0.2) is 0 Å². The van der Waals surface area contributed by atoms with E-state index in [1.54, 1.807) is 0 Å². The molecule has 1 saturated heterocycles. The molecule has 0 radical (unpaired) electrons. The summed E-state index contributed by atoms with van der Waals surface area (Å²) in [5.41, 5.74) is 1.01. The predicted octanol–water partition coefficient (Wildman–Crippen LogP) is 1.16. The van der Waals surface area contributed by atoms with Gasteiger partial charge < -0.3 is 0 Å². The first-order chi connectivity index (χ1) is 5.68. The lowest BCUT2D eigenvalue weighted by Gasteiger charge is -2.24. The highest BCUT2D eigenvalue weighted by Crippen LogP contribution is 2.06. The molecule has 0 aromatic rings. The second-order valence-electron chi connectivity index (χ2n) is 3.20. The molecule has 0 spiro atoms. The molecule has 0 unspecified atom stereocenters. The molecule has 1 aliphatic rings. The van der Waals surface area contributed by atoms with Crippen molar-refractivity contribution in [2.24, 2.45) is 0 Å². The summed E-state index contributed by atoms with van der Waals surface area (Å²) in [4.78, 5) is 16.2. The molecule has 0 aliphatic carbocycles. The summed E-state index contributed by atoms with van der Waals surface area (Å²) in [6.45, 7) is 7.68. The molecule has 0 bridgehead atoms. The third-order valence-electron chi connectivity index (χ3n) is 1.77. The molecule has 0 aromatic carbocycles. The molecule has 12 heavy (non-hydrogen) atoms. The van der Waals surface area contributed by atoms with Crippen LogP contribution in [0.25, 0.3) is 0 Å². The van der Waals surface area contributed by atoms with Crippen molar-refractivity contribution in [3.63, 3.8) is 0 Å². The Morgan fingerprint density at radius 3 is 2.67 bits per heavy atom. The van der Waals surface area contributed by atoms with Gasteiger partial charge in [0.15, 0.2) is 0 Å². The molecule has 68 valence electrons. The highest BCUT2D eigenvalue weighted by Gasteiger charge is 2.15. The Morgan fingerprint density at radius 1 is 1.58 bits per heavy atom. The minimum atomic E-state index is 0.338. The van der Waals surface area contributed by atoms with Crippen molar-refractivity contribution in [3.05, 3.63) is 12.2 Å². The Kier molecular flexibility index (Phi) is 3.44.